The first-order valence-electron chi connectivity index (χ1n) is 10.0. The maximum absolute atomic E-state index is 14.2. The number of fused-ring (bicyclic) bond motifs is 2. The molecule has 0 unspecified atom stereocenters. The highest BCUT2D eigenvalue weighted by molar-refractivity contribution is 5.90. The molecule has 0 aliphatic carbocycles. The minimum Gasteiger partial charge on any atom is -0.435 e. The van der Waals surface area contributed by atoms with Gasteiger partial charge in [0.2, 0.25) is 5.89 Å². The van der Waals surface area contributed by atoms with E-state index in [2.05, 4.69) is 30.2 Å². The molecule has 0 bridgehead atoms. The molecule has 0 fully saturated rings. The highest BCUT2D eigenvalue weighted by Gasteiger charge is 2.39. The van der Waals surface area contributed by atoms with E-state index in [4.69, 9.17) is 8.83 Å². The van der Waals surface area contributed by atoms with Crippen LogP contribution in [0.2, 0.25) is 0 Å². The van der Waals surface area contributed by atoms with Gasteiger partial charge in [-0.25, -0.2) is 19.0 Å². The Morgan fingerprint density at radius 1 is 1.24 bits per heavy atom. The molecule has 1 N–H and O–H groups in total. The second-order valence-electron chi connectivity index (χ2n) is 7.46. The van der Waals surface area contributed by atoms with Crippen LogP contribution in [-0.4, -0.2) is 52.3 Å². The lowest BCUT2D eigenvalue weighted by Gasteiger charge is -2.31. The van der Waals surface area contributed by atoms with Crippen LogP contribution in [0.5, 0.6) is 0 Å². The Labute approximate surface area is 187 Å². The summed E-state index contributed by atoms with van der Waals surface area (Å²) in [6, 6.07) is 3.46. The van der Waals surface area contributed by atoms with Gasteiger partial charge in [-0.1, -0.05) is 6.07 Å². The fourth-order valence-corrected chi connectivity index (χ4v) is 3.90. The second kappa shape index (κ2) is 7.54. The second-order valence-corrected chi connectivity index (χ2v) is 7.46. The lowest BCUT2D eigenvalue weighted by atomic mass is 10.0. The highest BCUT2D eigenvalue weighted by Crippen LogP contribution is 2.36. The van der Waals surface area contributed by atoms with E-state index in [9.17, 15) is 18.0 Å². The minimum absolute atomic E-state index is 0.0383. The Morgan fingerprint density at radius 3 is 2.91 bits per heavy atom. The third-order valence-corrected chi connectivity index (χ3v) is 5.46. The summed E-state index contributed by atoms with van der Waals surface area (Å²) in [5.74, 6) is -1.68. The summed E-state index contributed by atoms with van der Waals surface area (Å²) in [5, 5.41) is 11.1. The fraction of sp³-hybridized carbons (Fsp3) is 0.200. The number of hydrogen-bond acceptors (Lipinski definition) is 8. The molecule has 6 rings (SSSR count). The van der Waals surface area contributed by atoms with Crippen molar-refractivity contribution in [2.45, 2.75) is 19.0 Å². The minimum atomic E-state index is -2.84. The number of amides is 1. The van der Waals surface area contributed by atoms with Gasteiger partial charge < -0.3 is 18.7 Å². The zero-order valence-electron chi connectivity index (χ0n) is 17.0. The third kappa shape index (κ3) is 3.14. The van der Waals surface area contributed by atoms with Crippen LogP contribution >= 0.6 is 0 Å². The number of carbonyl (C=O) groups excluding carboxylic acids is 1. The Morgan fingerprint density at radius 2 is 2.12 bits per heavy atom. The molecule has 34 heavy (non-hydrogen) atoms. The SMILES string of the molecule is O=C(c1nnc(-c2cnn(C(F)F)c2)o1)N1CCc2[nH]cnc2[C@H]1c1nc2cccc(F)c2o1. The number of alkyl halides is 2. The molecule has 1 aromatic carbocycles. The topological polar surface area (TPSA) is 132 Å². The molecule has 11 nitrogen and oxygen atoms in total. The number of oxazole rings is 1. The number of halogens is 3. The number of H-pyrrole nitrogens is 1. The average molecular weight is 470 g/mol. The number of imidazole rings is 1. The van der Waals surface area contributed by atoms with Crippen molar-refractivity contribution in [3.05, 3.63) is 65.9 Å². The third-order valence-electron chi connectivity index (χ3n) is 5.46. The maximum atomic E-state index is 14.2. The van der Waals surface area contributed by atoms with Gasteiger partial charge >= 0.3 is 18.3 Å². The summed E-state index contributed by atoms with van der Waals surface area (Å²) >= 11 is 0. The van der Waals surface area contributed by atoms with E-state index in [1.807, 2.05) is 0 Å². The van der Waals surface area contributed by atoms with Crippen LogP contribution in [0.4, 0.5) is 13.2 Å². The average Bonchev–Trinajstić information content (AvgIpc) is 3.62. The summed E-state index contributed by atoms with van der Waals surface area (Å²) in [4.78, 5) is 26.5. The fourth-order valence-electron chi connectivity index (χ4n) is 3.90. The molecule has 172 valence electrons. The molecular weight excluding hydrogens is 457 g/mol. The lowest BCUT2D eigenvalue weighted by molar-refractivity contribution is 0.0565. The van der Waals surface area contributed by atoms with Crippen LogP contribution in [0.3, 0.4) is 0 Å². The first-order valence-corrected chi connectivity index (χ1v) is 10.0. The molecule has 0 saturated carbocycles. The van der Waals surface area contributed by atoms with Gasteiger partial charge in [0, 0.05) is 24.9 Å². The first kappa shape index (κ1) is 20.1. The number of hydrogen-bond donors (Lipinski definition) is 1. The van der Waals surface area contributed by atoms with Crippen molar-refractivity contribution in [3.8, 4) is 11.5 Å². The largest absolute Gasteiger partial charge is 0.435 e. The van der Waals surface area contributed by atoms with E-state index in [0.29, 0.717) is 22.3 Å². The smallest absolute Gasteiger partial charge is 0.333 e. The van der Waals surface area contributed by atoms with Crippen LogP contribution in [0.15, 0.2) is 45.8 Å². The van der Waals surface area contributed by atoms with E-state index >= 15 is 0 Å². The molecule has 0 spiro atoms. The van der Waals surface area contributed by atoms with Crippen molar-refractivity contribution in [2.24, 2.45) is 0 Å². The summed E-state index contributed by atoms with van der Waals surface area (Å²) in [7, 11) is 0. The van der Waals surface area contributed by atoms with Crippen molar-refractivity contribution in [1.29, 1.82) is 0 Å². The zero-order valence-corrected chi connectivity index (χ0v) is 17.0. The molecule has 1 amide bonds. The predicted molar refractivity (Wildman–Crippen MR) is 106 cm³/mol. The van der Waals surface area contributed by atoms with Gasteiger partial charge in [-0.3, -0.25) is 4.79 Å². The van der Waals surface area contributed by atoms with Crippen molar-refractivity contribution in [1.82, 2.24) is 39.8 Å². The van der Waals surface area contributed by atoms with Crippen LogP contribution in [0.25, 0.3) is 22.6 Å². The quantitative estimate of drug-likeness (QED) is 0.424. The Bertz CT molecular complexity index is 1520. The number of rotatable bonds is 4. The van der Waals surface area contributed by atoms with Crippen LogP contribution in [0.1, 0.15) is 40.6 Å². The standard InChI is InChI=1S/C20H13F3N8O3/c21-10-2-1-3-12-15(10)33-17(27-12)14-13-11(24-8-25-13)4-5-30(14)19(32)18-29-28-16(34-18)9-6-26-31(7-9)20(22)23/h1-3,6-8,14,20H,4-5H2,(H,24,25)/t14-/m0/s1. The molecule has 5 heterocycles. The van der Waals surface area contributed by atoms with Crippen molar-refractivity contribution in [2.75, 3.05) is 6.54 Å². The summed E-state index contributed by atoms with van der Waals surface area (Å²) in [5.41, 5.74) is 1.66. The summed E-state index contributed by atoms with van der Waals surface area (Å²) in [6.45, 7) is -2.61. The normalized spacial score (nSPS) is 15.9. The van der Waals surface area contributed by atoms with E-state index in [-0.39, 0.29) is 35.4 Å². The Kier molecular flexibility index (Phi) is 4.46. The highest BCUT2D eigenvalue weighted by atomic mass is 19.3. The molecule has 5 aromatic rings. The molecular formula is C20H13F3N8O3. The molecule has 14 heteroatoms. The number of aromatic nitrogens is 7. The molecule has 4 aromatic heterocycles. The number of carbonyl (C=O) groups is 1. The van der Waals surface area contributed by atoms with Gasteiger partial charge in [-0.05, 0) is 12.1 Å². The monoisotopic (exact) mass is 470 g/mol. The van der Waals surface area contributed by atoms with Gasteiger partial charge in [-0.15, -0.1) is 10.2 Å². The number of nitrogens with zero attached hydrogens (tertiary/aromatic N) is 7. The number of benzene rings is 1. The van der Waals surface area contributed by atoms with E-state index in [1.165, 1.54) is 23.4 Å². The van der Waals surface area contributed by atoms with Crippen molar-refractivity contribution in [3.63, 3.8) is 0 Å². The van der Waals surface area contributed by atoms with E-state index in [1.54, 1.807) is 6.07 Å². The van der Waals surface area contributed by atoms with Gasteiger partial charge in [0.15, 0.2) is 17.4 Å². The van der Waals surface area contributed by atoms with Crippen LogP contribution in [-0.2, 0) is 6.42 Å². The van der Waals surface area contributed by atoms with Gasteiger partial charge in [0.25, 0.3) is 5.89 Å². The van der Waals surface area contributed by atoms with Crippen molar-refractivity contribution >= 4 is 17.0 Å². The van der Waals surface area contributed by atoms with Crippen LogP contribution < -0.4 is 0 Å². The molecule has 1 aliphatic heterocycles. The summed E-state index contributed by atoms with van der Waals surface area (Å²) in [6.07, 6.45) is 4.09. The van der Waals surface area contributed by atoms with Gasteiger partial charge in [-0.2, -0.15) is 13.9 Å². The summed E-state index contributed by atoms with van der Waals surface area (Å²) < 4.78 is 51.4. The molecule has 1 atom stereocenters. The van der Waals surface area contributed by atoms with Crippen molar-refractivity contribution < 1.29 is 26.8 Å². The maximum Gasteiger partial charge on any atom is 0.333 e. The molecule has 0 radical (unpaired) electrons. The van der Waals surface area contributed by atoms with Gasteiger partial charge in [0.05, 0.1) is 23.8 Å². The first-order chi connectivity index (χ1) is 16.5. The molecule has 0 saturated heterocycles. The lowest BCUT2D eigenvalue weighted by Crippen LogP contribution is -2.41. The number of para-hydroxylation sites is 1. The number of nitrogens with one attached hydrogen (secondary N) is 1. The van der Waals surface area contributed by atoms with Crippen LogP contribution in [0, 0.1) is 5.82 Å². The van der Waals surface area contributed by atoms with E-state index in [0.717, 1.165) is 18.1 Å². The predicted octanol–water partition coefficient (Wildman–Crippen LogP) is 3.12. The Hall–Kier alpha value is -4.49. The Balaban J connectivity index is 1.37. The zero-order chi connectivity index (χ0) is 23.4. The number of aromatic amines is 1. The molecule has 1 aliphatic rings. The van der Waals surface area contributed by atoms with E-state index < -0.39 is 24.3 Å². The van der Waals surface area contributed by atoms with Gasteiger partial charge in [0.1, 0.15) is 5.52 Å².